The van der Waals surface area contributed by atoms with Crippen LogP contribution >= 0.6 is 0 Å². The average Bonchev–Trinajstić information content (AvgIpc) is 2.98. The predicted molar refractivity (Wildman–Crippen MR) is 98.6 cm³/mol. The van der Waals surface area contributed by atoms with Crippen LogP contribution in [0.1, 0.15) is 5.69 Å². The average molecular weight is 314 g/mol. The Balaban J connectivity index is 1.90. The molecule has 0 spiro atoms. The normalized spacial score (nSPS) is 10.9. The first-order valence-corrected chi connectivity index (χ1v) is 7.96. The number of anilines is 1. The topological polar surface area (TPSA) is 42.7 Å². The summed E-state index contributed by atoms with van der Waals surface area (Å²) in [5.74, 6) is 0. The number of para-hydroxylation sites is 2. The van der Waals surface area contributed by atoms with Gasteiger partial charge in [-0.05, 0) is 31.2 Å². The van der Waals surface area contributed by atoms with E-state index in [0.29, 0.717) is 0 Å². The van der Waals surface area contributed by atoms with Gasteiger partial charge in [0.25, 0.3) is 0 Å². The van der Waals surface area contributed by atoms with Gasteiger partial charge in [0.05, 0.1) is 11.4 Å². The van der Waals surface area contributed by atoms with Crippen molar-refractivity contribution in [2.24, 2.45) is 0 Å². The Morgan fingerprint density at radius 2 is 1.71 bits per heavy atom. The third-order valence-corrected chi connectivity index (χ3v) is 4.22. The van der Waals surface area contributed by atoms with E-state index in [2.05, 4.69) is 28.6 Å². The van der Waals surface area contributed by atoms with Crippen molar-refractivity contribution in [2.45, 2.75) is 6.92 Å². The van der Waals surface area contributed by atoms with Crippen molar-refractivity contribution in [3.63, 3.8) is 0 Å². The largest absolute Gasteiger partial charge is 0.388 e. The van der Waals surface area contributed by atoms with Gasteiger partial charge < -0.3 is 5.32 Å². The van der Waals surface area contributed by atoms with Gasteiger partial charge in [0.15, 0.2) is 5.65 Å². The zero-order valence-electron chi connectivity index (χ0n) is 13.7. The number of pyridine rings is 1. The predicted octanol–water partition coefficient (Wildman–Crippen LogP) is 4.44. The number of hydrogen-bond donors (Lipinski definition) is 1. The maximum Gasteiger partial charge on any atom is 0.163 e. The van der Waals surface area contributed by atoms with E-state index in [1.54, 1.807) is 0 Å². The molecule has 0 unspecified atom stereocenters. The third-order valence-electron chi connectivity index (χ3n) is 4.22. The molecular weight excluding hydrogens is 296 g/mol. The summed E-state index contributed by atoms with van der Waals surface area (Å²) in [7, 11) is 1.93. The van der Waals surface area contributed by atoms with Gasteiger partial charge in [0.1, 0.15) is 0 Å². The van der Waals surface area contributed by atoms with Crippen molar-refractivity contribution in [2.75, 3.05) is 12.4 Å². The molecule has 4 nitrogen and oxygen atoms in total. The fourth-order valence-electron chi connectivity index (χ4n) is 2.99. The number of aromatic nitrogens is 3. The number of rotatable bonds is 3. The molecule has 4 aromatic rings. The molecule has 0 saturated carbocycles. The Labute approximate surface area is 140 Å². The van der Waals surface area contributed by atoms with E-state index in [1.807, 2.05) is 67.3 Å². The Morgan fingerprint density at radius 1 is 0.958 bits per heavy atom. The van der Waals surface area contributed by atoms with Crippen LogP contribution in [0.25, 0.3) is 27.8 Å². The van der Waals surface area contributed by atoms with Crippen LogP contribution in [0.5, 0.6) is 0 Å². The Bertz CT molecular complexity index is 1000. The van der Waals surface area contributed by atoms with E-state index in [0.717, 1.165) is 39.2 Å². The summed E-state index contributed by atoms with van der Waals surface area (Å²) in [4.78, 5) is 4.70. The van der Waals surface area contributed by atoms with Crippen molar-refractivity contribution >= 4 is 16.7 Å². The lowest BCUT2D eigenvalue weighted by molar-refractivity contribution is 0.878. The molecule has 0 bridgehead atoms. The number of nitrogens with one attached hydrogen (secondary N) is 1. The fraction of sp³-hybridized carbons (Fsp3) is 0.100. The molecule has 0 saturated heterocycles. The zero-order chi connectivity index (χ0) is 16.5. The van der Waals surface area contributed by atoms with Crippen molar-refractivity contribution in [1.29, 1.82) is 0 Å². The first-order valence-electron chi connectivity index (χ1n) is 7.96. The van der Waals surface area contributed by atoms with E-state index < -0.39 is 0 Å². The summed E-state index contributed by atoms with van der Waals surface area (Å²) >= 11 is 0. The van der Waals surface area contributed by atoms with E-state index in [9.17, 15) is 0 Å². The molecule has 0 atom stereocenters. The molecule has 0 amide bonds. The summed E-state index contributed by atoms with van der Waals surface area (Å²) in [5.41, 5.74) is 6.19. The summed E-state index contributed by atoms with van der Waals surface area (Å²) in [6.45, 7) is 2.03. The fourth-order valence-corrected chi connectivity index (χ4v) is 2.99. The van der Waals surface area contributed by atoms with Gasteiger partial charge in [-0.15, -0.1) is 0 Å². The van der Waals surface area contributed by atoms with E-state index in [4.69, 9.17) is 4.98 Å². The summed E-state index contributed by atoms with van der Waals surface area (Å²) in [6.07, 6.45) is 1.92. The van der Waals surface area contributed by atoms with Crippen LogP contribution in [0.2, 0.25) is 0 Å². The zero-order valence-corrected chi connectivity index (χ0v) is 13.7. The van der Waals surface area contributed by atoms with Crippen LogP contribution < -0.4 is 5.32 Å². The highest BCUT2D eigenvalue weighted by Crippen LogP contribution is 2.30. The van der Waals surface area contributed by atoms with Crippen LogP contribution in [-0.4, -0.2) is 21.8 Å². The SMILES string of the molecule is CNc1ccccc1-c1cnc2c(c1)c(C)nn2-c1ccccc1. The van der Waals surface area contributed by atoms with Gasteiger partial charge >= 0.3 is 0 Å². The minimum Gasteiger partial charge on any atom is -0.388 e. The molecule has 1 N–H and O–H groups in total. The number of hydrogen-bond acceptors (Lipinski definition) is 3. The third kappa shape index (κ3) is 2.33. The van der Waals surface area contributed by atoms with Gasteiger partial charge in [-0.25, -0.2) is 9.67 Å². The molecule has 0 aliphatic carbocycles. The minimum atomic E-state index is 0.879. The smallest absolute Gasteiger partial charge is 0.163 e. The standard InChI is InChI=1S/C20H18N4/c1-14-18-12-15(17-10-6-7-11-19(17)21-2)13-22-20(18)24(23-14)16-8-4-3-5-9-16/h3-13,21H,1-2H3. The van der Waals surface area contributed by atoms with Crippen LogP contribution in [0.15, 0.2) is 66.9 Å². The summed E-state index contributed by atoms with van der Waals surface area (Å²) < 4.78 is 1.90. The molecule has 2 aromatic carbocycles. The number of benzene rings is 2. The quantitative estimate of drug-likeness (QED) is 0.608. The van der Waals surface area contributed by atoms with E-state index >= 15 is 0 Å². The highest BCUT2D eigenvalue weighted by molar-refractivity contribution is 5.87. The lowest BCUT2D eigenvalue weighted by Gasteiger charge is -2.09. The molecule has 4 heteroatoms. The molecule has 0 aliphatic heterocycles. The molecule has 118 valence electrons. The van der Waals surface area contributed by atoms with Gasteiger partial charge in [0, 0.05) is 35.4 Å². The second-order valence-corrected chi connectivity index (χ2v) is 5.72. The van der Waals surface area contributed by atoms with Crippen molar-refractivity contribution in [3.8, 4) is 16.8 Å². The van der Waals surface area contributed by atoms with Crippen LogP contribution in [0.4, 0.5) is 5.69 Å². The first kappa shape index (κ1) is 14.5. The molecule has 2 aromatic heterocycles. The maximum absolute atomic E-state index is 4.70. The maximum atomic E-state index is 4.70. The molecule has 2 heterocycles. The van der Waals surface area contributed by atoms with Crippen molar-refractivity contribution in [3.05, 3.63) is 72.6 Å². The number of fused-ring (bicyclic) bond motifs is 1. The highest BCUT2D eigenvalue weighted by atomic mass is 15.3. The van der Waals surface area contributed by atoms with Crippen LogP contribution in [-0.2, 0) is 0 Å². The van der Waals surface area contributed by atoms with Crippen molar-refractivity contribution < 1.29 is 0 Å². The highest BCUT2D eigenvalue weighted by Gasteiger charge is 2.12. The molecule has 0 fully saturated rings. The molecule has 0 radical (unpaired) electrons. The van der Waals surface area contributed by atoms with Crippen molar-refractivity contribution in [1.82, 2.24) is 14.8 Å². The van der Waals surface area contributed by atoms with E-state index in [-0.39, 0.29) is 0 Å². The number of nitrogens with zero attached hydrogens (tertiary/aromatic N) is 3. The second kappa shape index (κ2) is 5.81. The molecular formula is C20H18N4. The minimum absolute atomic E-state index is 0.879. The Hall–Kier alpha value is -3.14. The van der Waals surface area contributed by atoms with Crippen LogP contribution in [0, 0.1) is 6.92 Å². The monoisotopic (exact) mass is 314 g/mol. The second-order valence-electron chi connectivity index (χ2n) is 5.72. The number of aryl methyl sites for hydroxylation is 1. The summed E-state index contributed by atoms with van der Waals surface area (Å²) in [5, 5.41) is 8.99. The Morgan fingerprint density at radius 3 is 2.50 bits per heavy atom. The first-order chi connectivity index (χ1) is 11.8. The molecule has 24 heavy (non-hydrogen) atoms. The molecule has 0 aliphatic rings. The van der Waals surface area contributed by atoms with Gasteiger partial charge in [-0.1, -0.05) is 36.4 Å². The molecule has 4 rings (SSSR count). The lowest BCUT2D eigenvalue weighted by Crippen LogP contribution is -1.97. The van der Waals surface area contributed by atoms with Gasteiger partial charge in [-0.2, -0.15) is 5.10 Å². The van der Waals surface area contributed by atoms with Crippen LogP contribution in [0.3, 0.4) is 0 Å². The Kier molecular flexibility index (Phi) is 3.50. The van der Waals surface area contributed by atoms with Gasteiger partial charge in [-0.3, -0.25) is 0 Å². The van der Waals surface area contributed by atoms with E-state index in [1.165, 1.54) is 0 Å². The summed E-state index contributed by atoms with van der Waals surface area (Å²) in [6, 6.07) is 20.5. The van der Waals surface area contributed by atoms with Gasteiger partial charge in [0.2, 0.25) is 0 Å². The lowest BCUT2D eigenvalue weighted by atomic mass is 10.0.